The van der Waals surface area contributed by atoms with Crippen molar-refractivity contribution in [3.8, 4) is 17.1 Å². The van der Waals surface area contributed by atoms with Gasteiger partial charge in [-0.25, -0.2) is 14.4 Å². The Labute approximate surface area is 142 Å². The predicted molar refractivity (Wildman–Crippen MR) is 90.3 cm³/mol. The molecular weight excluding hydrogens is 333 g/mol. The number of fused-ring (bicyclic) bond motifs is 1. The molecular formula is C17H15ClFN3O2. The smallest absolute Gasteiger partial charge is 0.178 e. The third-order valence-electron chi connectivity index (χ3n) is 3.98. The van der Waals surface area contributed by atoms with Crippen molar-refractivity contribution in [1.82, 2.24) is 15.0 Å². The van der Waals surface area contributed by atoms with Crippen molar-refractivity contribution in [1.29, 1.82) is 0 Å². The first-order valence-corrected chi connectivity index (χ1v) is 7.63. The minimum Gasteiger partial charge on any atom is -0.492 e. The fourth-order valence-corrected chi connectivity index (χ4v) is 2.86. The van der Waals surface area contributed by atoms with Crippen LogP contribution in [0.1, 0.15) is 28.7 Å². The number of ether oxygens (including phenoxy) is 1. The number of benzene rings is 1. The Morgan fingerprint density at radius 2 is 2.00 bits per heavy atom. The average molecular weight is 348 g/mol. The van der Waals surface area contributed by atoms with Crippen LogP contribution in [0.15, 0.2) is 12.1 Å². The van der Waals surface area contributed by atoms with Gasteiger partial charge in [0, 0.05) is 12.6 Å². The Balaban J connectivity index is 2.34. The summed E-state index contributed by atoms with van der Waals surface area (Å²) in [5, 5.41) is 0.809. The molecule has 0 aliphatic heterocycles. The Morgan fingerprint density at radius 1 is 1.29 bits per heavy atom. The van der Waals surface area contributed by atoms with Crippen LogP contribution in [0.4, 0.5) is 4.39 Å². The topological polar surface area (TPSA) is 67.9 Å². The lowest BCUT2D eigenvalue weighted by Crippen LogP contribution is -2.04. The summed E-state index contributed by atoms with van der Waals surface area (Å²) < 4.78 is 19.6. The van der Waals surface area contributed by atoms with Gasteiger partial charge in [-0.1, -0.05) is 11.6 Å². The number of Topliss-reactive ketones (excluding diaryl/α,β-unsaturated/α-hetero) is 1. The molecule has 2 aromatic heterocycles. The Hall–Kier alpha value is -2.47. The number of hydrogen-bond donors (Lipinski definition) is 1. The van der Waals surface area contributed by atoms with E-state index < -0.39 is 5.82 Å². The third-order valence-corrected chi connectivity index (χ3v) is 4.28. The number of aryl methyl sites for hydroxylation is 2. The highest BCUT2D eigenvalue weighted by atomic mass is 35.5. The zero-order valence-corrected chi connectivity index (χ0v) is 14.4. The number of nitrogens with one attached hydrogen (secondary N) is 1. The molecule has 1 aromatic carbocycles. The van der Waals surface area contributed by atoms with Crippen LogP contribution in [-0.2, 0) is 0 Å². The first-order chi connectivity index (χ1) is 11.3. The molecule has 5 nitrogen and oxygen atoms in total. The first-order valence-electron chi connectivity index (χ1n) is 7.25. The summed E-state index contributed by atoms with van der Waals surface area (Å²) in [4.78, 5) is 23.8. The van der Waals surface area contributed by atoms with Crippen LogP contribution in [0.25, 0.3) is 22.4 Å². The number of hydrogen-bond acceptors (Lipinski definition) is 4. The number of methoxy groups -OCH3 is 1. The Morgan fingerprint density at radius 3 is 2.62 bits per heavy atom. The van der Waals surface area contributed by atoms with Crippen molar-refractivity contribution in [3.63, 3.8) is 0 Å². The molecule has 24 heavy (non-hydrogen) atoms. The summed E-state index contributed by atoms with van der Waals surface area (Å²) in [5.41, 5.74) is 2.65. The van der Waals surface area contributed by atoms with E-state index in [1.165, 1.54) is 26.2 Å². The van der Waals surface area contributed by atoms with Gasteiger partial charge in [0.1, 0.15) is 11.3 Å². The summed E-state index contributed by atoms with van der Waals surface area (Å²) in [5.74, 6) is -0.867. The molecule has 0 saturated heterocycles. The third kappa shape index (κ3) is 2.43. The standard InChI is InChI=1S/C17H15ClFN3O2/c1-7-8(2)20-17-12(7)14(9(3)23)21-16(22-17)10-5-6-11(18)15(24-4)13(10)19/h5-6H,1-4H3,(H,20,21,22). The van der Waals surface area contributed by atoms with Crippen molar-refractivity contribution in [2.24, 2.45) is 0 Å². The molecule has 0 spiro atoms. The predicted octanol–water partition coefficient (Wildman–Crippen LogP) is 4.25. The zero-order chi connectivity index (χ0) is 17.6. The number of aromatic amines is 1. The second-order valence-corrected chi connectivity index (χ2v) is 5.90. The van der Waals surface area contributed by atoms with Gasteiger partial charge in [-0.05, 0) is 31.5 Å². The van der Waals surface area contributed by atoms with Crippen LogP contribution in [0.3, 0.4) is 0 Å². The molecule has 3 aromatic rings. The lowest BCUT2D eigenvalue weighted by Gasteiger charge is -2.09. The van der Waals surface area contributed by atoms with Crippen molar-refractivity contribution < 1.29 is 13.9 Å². The van der Waals surface area contributed by atoms with Crippen LogP contribution in [0, 0.1) is 19.7 Å². The Kier molecular flexibility index (Phi) is 4.01. The zero-order valence-electron chi connectivity index (χ0n) is 13.6. The summed E-state index contributed by atoms with van der Waals surface area (Å²) in [6.07, 6.45) is 0. The highest BCUT2D eigenvalue weighted by Gasteiger charge is 2.21. The van der Waals surface area contributed by atoms with E-state index in [2.05, 4.69) is 15.0 Å². The van der Waals surface area contributed by atoms with Crippen LogP contribution in [0.2, 0.25) is 5.02 Å². The summed E-state index contributed by atoms with van der Waals surface area (Å²) in [6.45, 7) is 5.19. The number of rotatable bonds is 3. The molecule has 3 rings (SSSR count). The van der Waals surface area contributed by atoms with Crippen molar-refractivity contribution in [2.75, 3.05) is 7.11 Å². The molecule has 2 heterocycles. The second-order valence-electron chi connectivity index (χ2n) is 5.49. The summed E-state index contributed by atoms with van der Waals surface area (Å²) in [7, 11) is 1.33. The number of aromatic nitrogens is 3. The van der Waals surface area contributed by atoms with Gasteiger partial charge in [0.2, 0.25) is 0 Å². The highest BCUT2D eigenvalue weighted by molar-refractivity contribution is 6.32. The fraction of sp³-hybridized carbons (Fsp3) is 0.235. The second kappa shape index (κ2) is 5.87. The monoisotopic (exact) mass is 347 g/mol. The normalized spacial score (nSPS) is 11.1. The van der Waals surface area contributed by atoms with Crippen molar-refractivity contribution in [2.45, 2.75) is 20.8 Å². The number of halogens is 2. The molecule has 0 radical (unpaired) electrons. The van der Waals surface area contributed by atoms with E-state index in [4.69, 9.17) is 16.3 Å². The maximum absolute atomic E-state index is 14.7. The fourth-order valence-electron chi connectivity index (χ4n) is 2.63. The molecule has 0 amide bonds. The van der Waals surface area contributed by atoms with Gasteiger partial charge in [0.25, 0.3) is 0 Å². The van der Waals surface area contributed by atoms with Gasteiger partial charge in [0.05, 0.1) is 23.1 Å². The van der Waals surface area contributed by atoms with E-state index in [9.17, 15) is 9.18 Å². The van der Waals surface area contributed by atoms with Gasteiger partial charge >= 0.3 is 0 Å². The minimum atomic E-state index is -0.668. The highest BCUT2D eigenvalue weighted by Crippen LogP contribution is 2.34. The Bertz CT molecular complexity index is 982. The van der Waals surface area contributed by atoms with Gasteiger partial charge in [-0.2, -0.15) is 0 Å². The number of carbonyl (C=O) groups excluding carboxylic acids is 1. The maximum Gasteiger partial charge on any atom is 0.178 e. The van der Waals surface area contributed by atoms with Crippen LogP contribution < -0.4 is 4.74 Å². The molecule has 7 heteroatoms. The molecule has 1 N–H and O–H groups in total. The van der Waals surface area contributed by atoms with E-state index in [0.29, 0.717) is 11.0 Å². The molecule has 0 bridgehead atoms. The molecule has 0 saturated carbocycles. The van der Waals surface area contributed by atoms with Crippen LogP contribution >= 0.6 is 11.6 Å². The summed E-state index contributed by atoms with van der Waals surface area (Å²) in [6, 6.07) is 2.97. The molecule has 124 valence electrons. The summed E-state index contributed by atoms with van der Waals surface area (Å²) >= 11 is 5.92. The molecule has 0 atom stereocenters. The molecule has 0 aliphatic carbocycles. The quantitative estimate of drug-likeness (QED) is 0.719. The maximum atomic E-state index is 14.7. The van der Waals surface area contributed by atoms with Crippen LogP contribution in [0.5, 0.6) is 5.75 Å². The number of H-pyrrole nitrogens is 1. The van der Waals surface area contributed by atoms with E-state index in [1.54, 1.807) is 0 Å². The van der Waals surface area contributed by atoms with Gasteiger partial charge in [0.15, 0.2) is 23.2 Å². The first kappa shape index (κ1) is 16.4. The van der Waals surface area contributed by atoms with Gasteiger partial charge < -0.3 is 9.72 Å². The van der Waals surface area contributed by atoms with Crippen molar-refractivity contribution in [3.05, 3.63) is 39.9 Å². The van der Waals surface area contributed by atoms with E-state index >= 15 is 0 Å². The lowest BCUT2D eigenvalue weighted by molar-refractivity contribution is 0.101. The van der Waals surface area contributed by atoms with E-state index in [-0.39, 0.29) is 33.6 Å². The van der Waals surface area contributed by atoms with E-state index in [1.807, 2.05) is 13.8 Å². The lowest BCUT2D eigenvalue weighted by atomic mass is 10.1. The molecule has 0 aliphatic rings. The number of ketones is 1. The van der Waals surface area contributed by atoms with Crippen LogP contribution in [-0.4, -0.2) is 27.8 Å². The molecule has 0 fully saturated rings. The number of nitrogens with zero attached hydrogens (tertiary/aromatic N) is 2. The SMILES string of the molecule is COc1c(Cl)ccc(-c2nc(C(C)=O)c3c(C)c(C)[nH]c3n2)c1F. The number of carbonyl (C=O) groups is 1. The van der Waals surface area contributed by atoms with E-state index in [0.717, 1.165) is 11.3 Å². The van der Waals surface area contributed by atoms with Gasteiger partial charge in [-0.15, -0.1) is 0 Å². The minimum absolute atomic E-state index is 0.0823. The molecule has 0 unspecified atom stereocenters. The van der Waals surface area contributed by atoms with Crippen molar-refractivity contribution >= 4 is 28.4 Å². The largest absolute Gasteiger partial charge is 0.492 e. The van der Waals surface area contributed by atoms with Gasteiger partial charge in [-0.3, -0.25) is 4.79 Å². The average Bonchev–Trinajstić information content (AvgIpc) is 2.81.